The maximum atomic E-state index is 14.0. The van der Waals surface area contributed by atoms with Crippen LogP contribution in [0, 0.1) is 0 Å². The largest absolute Gasteiger partial charge is 0.507 e. The number of carbonyl (C=O) groups is 3. The van der Waals surface area contributed by atoms with E-state index in [4.69, 9.17) is 34.0 Å². The molecule has 3 heterocycles. The van der Waals surface area contributed by atoms with Crippen LogP contribution >= 0.6 is 0 Å². The SMILES string of the molecule is COc1cccc2c1C(=O)c1c(O)c3c(c(O)c1C2=O)C[C@@](O)(C(C)=O)C[C@@H]3O[C@H]1C[C@H]2[C@H](OC3[C@@H](OCc4ccc(N=[N+]=[N-])cc4)OCCN32)[C@H](C)O1. The molecule has 3 fully saturated rings. The molecule has 8 rings (SSSR count). The molecule has 0 radical (unpaired) electrons. The van der Waals surface area contributed by atoms with Crippen LogP contribution in [0.3, 0.4) is 0 Å². The van der Waals surface area contributed by atoms with Crippen molar-refractivity contribution in [3.8, 4) is 17.2 Å². The predicted octanol–water partition coefficient (Wildman–Crippen LogP) is 4.25. The Hall–Kier alpha value is -4.90. The highest BCUT2D eigenvalue weighted by Crippen LogP contribution is 2.53. The highest BCUT2D eigenvalue weighted by molar-refractivity contribution is 6.31. The van der Waals surface area contributed by atoms with E-state index in [1.807, 2.05) is 6.92 Å². The molecule has 8 atom stereocenters. The number of ketones is 3. The molecule has 0 bridgehead atoms. The number of Topliss-reactive ketones (excluding diaryl/α,β-unsaturated/α-hetero) is 1. The minimum Gasteiger partial charge on any atom is -0.507 e. The maximum Gasteiger partial charge on any atom is 0.202 e. The molecule has 2 aliphatic carbocycles. The Kier molecular flexibility index (Phi) is 9.19. The number of carbonyl (C=O) groups excluding carboxylic acids is 3. The van der Waals surface area contributed by atoms with Crippen molar-refractivity contribution < 1.29 is 58.1 Å². The topological polar surface area (TPSA) is 219 Å². The number of aromatic hydroxyl groups is 2. The number of benzene rings is 3. The normalized spacial score (nSPS) is 30.0. The van der Waals surface area contributed by atoms with Crippen LogP contribution < -0.4 is 4.74 Å². The summed E-state index contributed by atoms with van der Waals surface area (Å²) in [6.45, 7) is 4.16. The van der Waals surface area contributed by atoms with Crippen LogP contribution in [0.15, 0.2) is 47.6 Å². The minimum absolute atomic E-state index is 0.0112. The second-order valence-electron chi connectivity index (χ2n) is 14.2. The Morgan fingerprint density at radius 2 is 1.83 bits per heavy atom. The molecule has 16 nitrogen and oxygen atoms in total. The molecule has 282 valence electrons. The number of nitrogens with zero attached hydrogens (tertiary/aromatic N) is 4. The fourth-order valence-electron chi connectivity index (χ4n) is 8.43. The van der Waals surface area contributed by atoms with E-state index in [2.05, 4.69) is 14.9 Å². The van der Waals surface area contributed by atoms with E-state index in [-0.39, 0.29) is 59.6 Å². The van der Waals surface area contributed by atoms with Crippen molar-refractivity contribution >= 4 is 23.0 Å². The summed E-state index contributed by atoms with van der Waals surface area (Å²) in [5, 5.41) is 38.7. The van der Waals surface area contributed by atoms with Gasteiger partial charge in [-0.3, -0.25) is 19.3 Å². The van der Waals surface area contributed by atoms with E-state index in [1.54, 1.807) is 24.3 Å². The van der Waals surface area contributed by atoms with Crippen LogP contribution in [0.2, 0.25) is 0 Å². The number of fused-ring (bicyclic) bond motifs is 6. The zero-order valence-corrected chi connectivity index (χ0v) is 29.6. The van der Waals surface area contributed by atoms with E-state index in [9.17, 15) is 29.7 Å². The third kappa shape index (κ3) is 5.82. The molecule has 3 aromatic rings. The quantitative estimate of drug-likeness (QED) is 0.0996. The van der Waals surface area contributed by atoms with Crippen molar-refractivity contribution in [2.24, 2.45) is 5.11 Å². The van der Waals surface area contributed by atoms with Gasteiger partial charge in [0.05, 0.1) is 49.2 Å². The molecule has 3 N–H and O–H groups in total. The Balaban J connectivity index is 1.07. The molecule has 16 heteroatoms. The van der Waals surface area contributed by atoms with Gasteiger partial charge in [-0.05, 0) is 31.0 Å². The van der Waals surface area contributed by atoms with Crippen LogP contribution in [0.4, 0.5) is 5.69 Å². The van der Waals surface area contributed by atoms with Crippen molar-refractivity contribution in [1.82, 2.24) is 4.90 Å². The molecule has 0 spiro atoms. The molecule has 3 saturated heterocycles. The first-order chi connectivity index (χ1) is 25.9. The lowest BCUT2D eigenvalue weighted by molar-refractivity contribution is -0.264. The fraction of sp³-hybridized carbons (Fsp3) is 0.447. The lowest BCUT2D eigenvalue weighted by atomic mass is 9.72. The van der Waals surface area contributed by atoms with E-state index in [0.717, 1.165) is 5.56 Å². The predicted molar refractivity (Wildman–Crippen MR) is 185 cm³/mol. The van der Waals surface area contributed by atoms with Gasteiger partial charge in [-0.2, -0.15) is 0 Å². The summed E-state index contributed by atoms with van der Waals surface area (Å²) >= 11 is 0. The molecule has 3 aliphatic heterocycles. The molecule has 0 amide bonds. The minimum atomic E-state index is -2.03. The maximum absolute atomic E-state index is 14.0. The van der Waals surface area contributed by atoms with Gasteiger partial charge >= 0.3 is 0 Å². The van der Waals surface area contributed by atoms with Gasteiger partial charge in [0.2, 0.25) is 5.78 Å². The monoisotopic (exact) mass is 742 g/mol. The lowest BCUT2D eigenvalue weighted by Gasteiger charge is -2.43. The zero-order chi connectivity index (χ0) is 38.1. The molecule has 0 saturated carbocycles. The number of hydrogen-bond acceptors (Lipinski definition) is 14. The molecule has 0 aromatic heterocycles. The molecule has 5 aliphatic rings. The molecule has 3 aromatic carbocycles. The van der Waals surface area contributed by atoms with E-state index in [1.165, 1.54) is 32.2 Å². The average Bonchev–Trinajstić information content (AvgIpc) is 3.54. The summed E-state index contributed by atoms with van der Waals surface area (Å²) in [6, 6.07) is 11.2. The van der Waals surface area contributed by atoms with Crippen LogP contribution in [-0.4, -0.2) is 100 Å². The van der Waals surface area contributed by atoms with Crippen molar-refractivity contribution in [3.05, 3.63) is 91.9 Å². The number of azide groups is 1. The van der Waals surface area contributed by atoms with E-state index in [0.29, 0.717) is 18.8 Å². The number of morpholine rings is 1. The number of rotatable bonds is 8. The first-order valence-corrected chi connectivity index (χ1v) is 17.6. The molecule has 1 unspecified atom stereocenters. The highest BCUT2D eigenvalue weighted by Gasteiger charge is 2.55. The standard InChI is InChI=1S/C38H38N4O12/c1-17-35-23(42-11-12-50-37(36(42)54-35)51-16-19-7-9-20(10-8-19)40-41-39)13-26(52-17)53-25-15-38(48,18(2)43)14-22-28(25)34(47)30-29(32(22)45)31(44)21-5-4-6-24(49-3)27(21)33(30)46/h4-10,17,23,25-26,35-37,45,47-48H,11-16H2,1-3H3/t17-,23-,25-,26-,35+,36?,37+,38-/m0/s1. The van der Waals surface area contributed by atoms with Crippen molar-refractivity contribution in [2.45, 2.75) is 88.5 Å². The van der Waals surface area contributed by atoms with Gasteiger partial charge in [0.15, 0.2) is 30.4 Å². The van der Waals surface area contributed by atoms with E-state index >= 15 is 0 Å². The summed E-state index contributed by atoms with van der Waals surface area (Å²) in [5.41, 5.74) is 6.99. The summed E-state index contributed by atoms with van der Waals surface area (Å²) in [4.78, 5) is 45.6. The van der Waals surface area contributed by atoms with Gasteiger partial charge in [0.25, 0.3) is 0 Å². The van der Waals surface area contributed by atoms with Gasteiger partial charge in [0.1, 0.15) is 29.0 Å². The Morgan fingerprint density at radius 1 is 1.07 bits per heavy atom. The van der Waals surface area contributed by atoms with Crippen molar-refractivity contribution in [2.75, 3.05) is 20.3 Å². The second-order valence-corrected chi connectivity index (χ2v) is 14.2. The first-order valence-electron chi connectivity index (χ1n) is 17.6. The first kappa shape index (κ1) is 36.1. The van der Waals surface area contributed by atoms with Crippen LogP contribution in [0.1, 0.15) is 81.3 Å². The third-order valence-electron chi connectivity index (χ3n) is 11.1. The Bertz CT molecular complexity index is 2100. The van der Waals surface area contributed by atoms with Gasteiger partial charge in [-0.1, -0.05) is 41.5 Å². The smallest absolute Gasteiger partial charge is 0.202 e. The fourth-order valence-corrected chi connectivity index (χ4v) is 8.43. The summed E-state index contributed by atoms with van der Waals surface area (Å²) in [7, 11) is 1.35. The molecular weight excluding hydrogens is 704 g/mol. The van der Waals surface area contributed by atoms with Crippen LogP contribution in [0.25, 0.3) is 10.4 Å². The van der Waals surface area contributed by atoms with Crippen molar-refractivity contribution in [3.63, 3.8) is 0 Å². The van der Waals surface area contributed by atoms with E-state index < -0.39 is 83.0 Å². The number of methoxy groups -OCH3 is 1. The van der Waals surface area contributed by atoms with Crippen molar-refractivity contribution in [1.29, 1.82) is 0 Å². The molecular formula is C38H38N4O12. The lowest BCUT2D eigenvalue weighted by Crippen LogP contribution is -2.55. The average molecular weight is 743 g/mol. The molecule has 54 heavy (non-hydrogen) atoms. The number of hydrogen-bond donors (Lipinski definition) is 3. The summed E-state index contributed by atoms with van der Waals surface area (Å²) in [5.74, 6) is -3.13. The van der Waals surface area contributed by atoms with Gasteiger partial charge < -0.3 is 43.7 Å². The summed E-state index contributed by atoms with van der Waals surface area (Å²) < 4.78 is 36.8. The number of phenolic OH excluding ortho intramolecular Hbond substituents is 2. The number of ether oxygens (including phenoxy) is 6. The van der Waals surface area contributed by atoms with Gasteiger partial charge in [-0.15, -0.1) is 0 Å². The van der Waals surface area contributed by atoms with Crippen LogP contribution in [0.5, 0.6) is 17.2 Å². The van der Waals surface area contributed by atoms with Gasteiger partial charge in [0, 0.05) is 59.1 Å². The number of phenols is 2. The number of aliphatic hydroxyl groups is 1. The Morgan fingerprint density at radius 3 is 2.56 bits per heavy atom. The highest BCUT2D eigenvalue weighted by atomic mass is 16.7. The second kappa shape index (κ2) is 13.7. The third-order valence-corrected chi connectivity index (χ3v) is 11.1. The van der Waals surface area contributed by atoms with Gasteiger partial charge in [-0.25, -0.2) is 0 Å². The van der Waals surface area contributed by atoms with Crippen LogP contribution in [-0.2, 0) is 41.5 Å². The zero-order valence-electron chi connectivity index (χ0n) is 29.6. The summed E-state index contributed by atoms with van der Waals surface area (Å²) in [6.07, 6.45) is -4.81. The Labute approximate surface area is 308 Å².